The van der Waals surface area contributed by atoms with Crippen molar-refractivity contribution in [3.05, 3.63) is 35.9 Å². The van der Waals surface area contributed by atoms with Crippen LogP contribution >= 0.6 is 0 Å². The zero-order valence-electron chi connectivity index (χ0n) is 12.9. The van der Waals surface area contributed by atoms with Crippen molar-refractivity contribution in [1.82, 2.24) is 10.2 Å². The van der Waals surface area contributed by atoms with Gasteiger partial charge in [0, 0.05) is 29.4 Å². The van der Waals surface area contributed by atoms with E-state index >= 15 is 0 Å². The van der Waals surface area contributed by atoms with Gasteiger partial charge in [-0.1, -0.05) is 44.2 Å². The molecule has 1 aliphatic rings. The molecule has 1 saturated heterocycles. The molecule has 1 amide bonds. The molecule has 0 radical (unpaired) electrons. The minimum Gasteiger partial charge on any atom is -0.325 e. The Labute approximate surface area is 129 Å². The van der Waals surface area contributed by atoms with Gasteiger partial charge in [0.2, 0.25) is 5.91 Å². The third-order valence-electron chi connectivity index (χ3n) is 3.80. The van der Waals surface area contributed by atoms with Crippen molar-refractivity contribution >= 4 is 16.7 Å². The number of nitrogens with one attached hydrogen (secondary N) is 1. The average Bonchev–Trinajstić information content (AvgIpc) is 2.77. The van der Waals surface area contributed by atoms with Gasteiger partial charge in [-0.05, 0) is 17.9 Å². The lowest BCUT2D eigenvalue weighted by Gasteiger charge is -2.27. The highest BCUT2D eigenvalue weighted by atomic mass is 32.2. The van der Waals surface area contributed by atoms with Crippen LogP contribution in [0.4, 0.5) is 0 Å². The van der Waals surface area contributed by atoms with E-state index in [9.17, 15) is 9.00 Å². The second kappa shape index (κ2) is 7.18. The summed E-state index contributed by atoms with van der Waals surface area (Å²) in [7, 11) is -0.802. The second-order valence-corrected chi connectivity index (χ2v) is 7.42. The van der Waals surface area contributed by atoms with Gasteiger partial charge in [0.1, 0.15) is 6.04 Å². The maximum atomic E-state index is 12.7. The molecule has 0 bridgehead atoms. The largest absolute Gasteiger partial charge is 0.325 e. The first kappa shape index (κ1) is 16.2. The molecule has 0 spiro atoms. The van der Waals surface area contributed by atoms with Gasteiger partial charge in [0.15, 0.2) is 0 Å². The standard InChI is InChI=1S/C16H24N2O2S/c1-12(2)15-17-14(13-8-5-4-6-9-13)16(19)18(15)10-7-11-21(3)20/h4-6,8-9,12,14-15,17H,7,10-11H2,1-3H3. The topological polar surface area (TPSA) is 49.4 Å². The minimum atomic E-state index is -0.802. The molecule has 1 fully saturated rings. The van der Waals surface area contributed by atoms with E-state index in [0.29, 0.717) is 18.2 Å². The van der Waals surface area contributed by atoms with Crippen LogP contribution in [0.25, 0.3) is 0 Å². The van der Waals surface area contributed by atoms with Crippen LogP contribution in [0.3, 0.4) is 0 Å². The number of hydrogen-bond donors (Lipinski definition) is 1. The van der Waals surface area contributed by atoms with E-state index in [1.165, 1.54) is 0 Å². The van der Waals surface area contributed by atoms with Crippen LogP contribution in [0.1, 0.15) is 31.9 Å². The number of carbonyl (C=O) groups is 1. The van der Waals surface area contributed by atoms with E-state index < -0.39 is 10.8 Å². The molecule has 1 aliphatic heterocycles. The summed E-state index contributed by atoms with van der Waals surface area (Å²) >= 11 is 0. The number of amides is 1. The van der Waals surface area contributed by atoms with Gasteiger partial charge in [0.05, 0.1) is 6.17 Å². The van der Waals surface area contributed by atoms with Crippen LogP contribution in [0.15, 0.2) is 30.3 Å². The van der Waals surface area contributed by atoms with Gasteiger partial charge in [-0.3, -0.25) is 14.3 Å². The van der Waals surface area contributed by atoms with Crippen LogP contribution in [-0.2, 0) is 15.6 Å². The second-order valence-electron chi connectivity index (χ2n) is 5.86. The summed E-state index contributed by atoms with van der Waals surface area (Å²) in [4.78, 5) is 14.6. The summed E-state index contributed by atoms with van der Waals surface area (Å²) in [6.45, 7) is 4.89. The summed E-state index contributed by atoms with van der Waals surface area (Å²) < 4.78 is 11.2. The molecule has 1 heterocycles. The van der Waals surface area contributed by atoms with Crippen molar-refractivity contribution in [3.63, 3.8) is 0 Å². The van der Waals surface area contributed by atoms with E-state index in [1.54, 1.807) is 6.26 Å². The van der Waals surface area contributed by atoms with Crippen LogP contribution in [0, 0.1) is 5.92 Å². The molecular weight excluding hydrogens is 284 g/mol. The molecular formula is C16H24N2O2S. The Morgan fingerprint density at radius 2 is 1.95 bits per heavy atom. The maximum absolute atomic E-state index is 12.7. The fourth-order valence-corrected chi connectivity index (χ4v) is 3.29. The van der Waals surface area contributed by atoms with Crippen molar-refractivity contribution in [2.75, 3.05) is 18.6 Å². The van der Waals surface area contributed by atoms with Gasteiger partial charge in [-0.15, -0.1) is 0 Å². The molecule has 21 heavy (non-hydrogen) atoms. The predicted molar refractivity (Wildman–Crippen MR) is 86.2 cm³/mol. The molecule has 1 N–H and O–H groups in total. The van der Waals surface area contributed by atoms with Gasteiger partial charge in [-0.2, -0.15) is 0 Å². The van der Waals surface area contributed by atoms with E-state index in [1.807, 2.05) is 35.2 Å². The van der Waals surface area contributed by atoms with Crippen LogP contribution in [0.2, 0.25) is 0 Å². The number of hydrogen-bond acceptors (Lipinski definition) is 3. The van der Waals surface area contributed by atoms with Crippen LogP contribution in [-0.4, -0.2) is 39.7 Å². The fraction of sp³-hybridized carbons (Fsp3) is 0.562. The van der Waals surface area contributed by atoms with Gasteiger partial charge in [0.25, 0.3) is 0 Å². The molecule has 0 aromatic heterocycles. The summed E-state index contributed by atoms with van der Waals surface area (Å²) in [5.74, 6) is 1.11. The molecule has 0 aliphatic carbocycles. The molecule has 3 unspecified atom stereocenters. The van der Waals surface area contributed by atoms with E-state index in [4.69, 9.17) is 0 Å². The number of carbonyl (C=O) groups excluding carboxylic acids is 1. The Kier molecular flexibility index (Phi) is 5.53. The monoisotopic (exact) mass is 308 g/mol. The Balaban J connectivity index is 2.11. The Hall–Kier alpha value is -1.20. The maximum Gasteiger partial charge on any atom is 0.245 e. The Morgan fingerprint density at radius 3 is 2.52 bits per heavy atom. The predicted octanol–water partition coefficient (Wildman–Crippen LogP) is 1.91. The highest BCUT2D eigenvalue weighted by Crippen LogP contribution is 2.27. The molecule has 3 atom stereocenters. The van der Waals surface area contributed by atoms with Crippen molar-refractivity contribution in [2.24, 2.45) is 5.92 Å². The fourth-order valence-electron chi connectivity index (χ4n) is 2.76. The zero-order chi connectivity index (χ0) is 15.4. The number of nitrogens with zero attached hydrogens (tertiary/aromatic N) is 1. The average molecular weight is 308 g/mol. The smallest absolute Gasteiger partial charge is 0.245 e. The highest BCUT2D eigenvalue weighted by Gasteiger charge is 2.40. The molecule has 2 rings (SSSR count). The first-order chi connectivity index (χ1) is 10.0. The summed E-state index contributed by atoms with van der Waals surface area (Å²) in [5.41, 5.74) is 1.01. The third-order valence-corrected chi connectivity index (χ3v) is 4.66. The van der Waals surface area contributed by atoms with Gasteiger partial charge < -0.3 is 4.90 Å². The Morgan fingerprint density at radius 1 is 1.29 bits per heavy atom. The zero-order valence-corrected chi connectivity index (χ0v) is 13.7. The van der Waals surface area contributed by atoms with Crippen LogP contribution in [0.5, 0.6) is 0 Å². The SMILES string of the molecule is CC(C)C1NC(c2ccccc2)C(=O)N1CCCS(C)=O. The first-order valence-corrected chi connectivity index (χ1v) is 9.15. The molecule has 1 aromatic carbocycles. The Bertz CT molecular complexity index is 504. The lowest BCUT2D eigenvalue weighted by atomic mass is 10.1. The number of benzene rings is 1. The summed E-state index contributed by atoms with van der Waals surface area (Å²) in [6.07, 6.45) is 2.53. The molecule has 4 nitrogen and oxygen atoms in total. The van der Waals surface area contributed by atoms with E-state index in [0.717, 1.165) is 12.0 Å². The lowest BCUT2D eigenvalue weighted by molar-refractivity contribution is -0.130. The van der Waals surface area contributed by atoms with Crippen molar-refractivity contribution in [3.8, 4) is 0 Å². The summed E-state index contributed by atoms with van der Waals surface area (Å²) in [5, 5.41) is 3.45. The summed E-state index contributed by atoms with van der Waals surface area (Å²) in [6, 6.07) is 9.58. The highest BCUT2D eigenvalue weighted by molar-refractivity contribution is 7.84. The first-order valence-electron chi connectivity index (χ1n) is 7.42. The van der Waals surface area contributed by atoms with Gasteiger partial charge in [-0.25, -0.2) is 0 Å². The van der Waals surface area contributed by atoms with Crippen molar-refractivity contribution in [2.45, 2.75) is 32.5 Å². The van der Waals surface area contributed by atoms with Crippen molar-refractivity contribution < 1.29 is 9.00 Å². The van der Waals surface area contributed by atoms with E-state index in [-0.39, 0.29) is 18.1 Å². The minimum absolute atomic E-state index is 0.0491. The third kappa shape index (κ3) is 3.92. The molecule has 1 aromatic rings. The molecule has 0 saturated carbocycles. The molecule has 116 valence electrons. The molecule has 5 heteroatoms. The number of rotatable bonds is 6. The van der Waals surface area contributed by atoms with Crippen molar-refractivity contribution in [1.29, 1.82) is 0 Å². The van der Waals surface area contributed by atoms with E-state index in [2.05, 4.69) is 19.2 Å². The van der Waals surface area contributed by atoms with Gasteiger partial charge >= 0.3 is 0 Å². The normalized spacial score (nSPS) is 23.8. The lowest BCUT2D eigenvalue weighted by Crippen LogP contribution is -2.42. The quantitative estimate of drug-likeness (QED) is 0.873. The van der Waals surface area contributed by atoms with Crippen LogP contribution < -0.4 is 5.32 Å².